The Kier molecular flexibility index (Phi) is 7.51. The molecule has 0 radical (unpaired) electrons. The third-order valence-electron chi connectivity index (χ3n) is 4.89. The summed E-state index contributed by atoms with van der Waals surface area (Å²) in [5.41, 5.74) is 1.95. The molecule has 0 saturated carbocycles. The van der Waals surface area contributed by atoms with Gasteiger partial charge in [0.15, 0.2) is 9.84 Å². The van der Waals surface area contributed by atoms with Crippen LogP contribution in [0.1, 0.15) is 30.4 Å². The zero-order valence-corrected chi connectivity index (χ0v) is 19.0. The molecule has 31 heavy (non-hydrogen) atoms. The van der Waals surface area contributed by atoms with E-state index in [0.29, 0.717) is 29.2 Å². The first kappa shape index (κ1) is 23.0. The molecular weight excluding hydrogens is 436 g/mol. The van der Waals surface area contributed by atoms with Crippen LogP contribution in [0.25, 0.3) is 11.5 Å². The summed E-state index contributed by atoms with van der Waals surface area (Å²) in [4.78, 5) is 16.7. The monoisotopic (exact) mass is 460 g/mol. The maximum absolute atomic E-state index is 12.6. The third-order valence-corrected chi connectivity index (χ3v) is 6.63. The number of benzene rings is 2. The molecule has 0 aliphatic rings. The van der Waals surface area contributed by atoms with Gasteiger partial charge in [-0.1, -0.05) is 61.0 Å². The van der Waals surface area contributed by atoms with Crippen molar-refractivity contribution in [2.75, 3.05) is 5.75 Å². The first-order valence-electron chi connectivity index (χ1n) is 10.0. The lowest BCUT2D eigenvalue weighted by Gasteiger charge is -2.17. The van der Waals surface area contributed by atoms with Crippen LogP contribution in [0.3, 0.4) is 0 Å². The van der Waals surface area contributed by atoms with Gasteiger partial charge in [-0.3, -0.25) is 4.79 Å². The summed E-state index contributed by atoms with van der Waals surface area (Å²) in [6, 6.07) is 16.7. The van der Waals surface area contributed by atoms with E-state index in [1.807, 2.05) is 37.3 Å². The Hall–Kier alpha value is -2.64. The van der Waals surface area contributed by atoms with E-state index in [2.05, 4.69) is 10.3 Å². The van der Waals surface area contributed by atoms with Crippen LogP contribution >= 0.6 is 11.6 Å². The lowest BCUT2D eigenvalue weighted by Crippen LogP contribution is -2.39. The standard InChI is InChI=1S/C23H25ClN2O4S/c1-3-18(13-17-9-5-4-6-10-17)25-22(27)15-31(28,29)14-21-16(2)30-23(26-21)19-11-7-8-12-20(19)24/h4-12,18H,3,13-15H2,1-2H3,(H,25,27). The normalized spacial score (nSPS) is 12.5. The second-order valence-electron chi connectivity index (χ2n) is 7.40. The molecule has 8 heteroatoms. The first-order chi connectivity index (χ1) is 14.8. The number of rotatable bonds is 9. The Morgan fingerprint density at radius 2 is 1.81 bits per heavy atom. The number of carbonyl (C=O) groups is 1. The van der Waals surface area contributed by atoms with Gasteiger partial charge in [-0.25, -0.2) is 13.4 Å². The number of carbonyl (C=O) groups excluding carboxylic acids is 1. The maximum atomic E-state index is 12.6. The van der Waals surface area contributed by atoms with Gasteiger partial charge in [0.25, 0.3) is 0 Å². The molecule has 3 aromatic rings. The second kappa shape index (κ2) is 10.1. The van der Waals surface area contributed by atoms with Crippen molar-refractivity contribution in [1.82, 2.24) is 10.3 Å². The van der Waals surface area contributed by atoms with Gasteiger partial charge in [0.05, 0.1) is 22.0 Å². The summed E-state index contributed by atoms with van der Waals surface area (Å²) in [7, 11) is -3.73. The van der Waals surface area contributed by atoms with E-state index in [4.69, 9.17) is 16.0 Å². The number of sulfone groups is 1. The molecule has 2 aromatic carbocycles. The SMILES string of the molecule is CCC(Cc1ccccc1)NC(=O)CS(=O)(=O)Cc1nc(-c2ccccc2Cl)oc1C. The number of aromatic nitrogens is 1. The number of nitrogens with one attached hydrogen (secondary N) is 1. The van der Waals surface area contributed by atoms with E-state index in [1.54, 1.807) is 31.2 Å². The number of hydrogen-bond donors (Lipinski definition) is 1. The van der Waals surface area contributed by atoms with E-state index in [-0.39, 0.29) is 23.4 Å². The predicted molar refractivity (Wildman–Crippen MR) is 122 cm³/mol. The van der Waals surface area contributed by atoms with Crippen LogP contribution < -0.4 is 5.32 Å². The van der Waals surface area contributed by atoms with Gasteiger partial charge in [0.2, 0.25) is 11.8 Å². The molecule has 0 fully saturated rings. The number of oxazole rings is 1. The molecular formula is C23H25ClN2O4S. The van der Waals surface area contributed by atoms with Crippen molar-refractivity contribution in [1.29, 1.82) is 0 Å². The fourth-order valence-electron chi connectivity index (χ4n) is 3.24. The van der Waals surface area contributed by atoms with Gasteiger partial charge in [0.1, 0.15) is 11.5 Å². The second-order valence-corrected chi connectivity index (χ2v) is 9.87. The number of halogens is 1. The summed E-state index contributed by atoms with van der Waals surface area (Å²) in [5.74, 6) is -0.863. The molecule has 3 rings (SSSR count). The summed E-state index contributed by atoms with van der Waals surface area (Å²) in [6.45, 7) is 3.60. The highest BCUT2D eigenvalue weighted by Crippen LogP contribution is 2.29. The fraction of sp³-hybridized carbons (Fsp3) is 0.304. The highest BCUT2D eigenvalue weighted by Gasteiger charge is 2.23. The van der Waals surface area contributed by atoms with Crippen molar-refractivity contribution in [2.45, 2.75) is 38.5 Å². The van der Waals surface area contributed by atoms with E-state index < -0.39 is 21.5 Å². The van der Waals surface area contributed by atoms with Crippen LogP contribution in [0.5, 0.6) is 0 Å². The quantitative estimate of drug-likeness (QED) is 0.512. The summed E-state index contributed by atoms with van der Waals surface area (Å²) in [5, 5.41) is 3.29. The highest BCUT2D eigenvalue weighted by molar-refractivity contribution is 7.91. The van der Waals surface area contributed by atoms with Crippen molar-refractivity contribution in [3.05, 3.63) is 76.6 Å². The van der Waals surface area contributed by atoms with Crippen LogP contribution in [0.4, 0.5) is 0 Å². The lowest BCUT2D eigenvalue weighted by atomic mass is 10.0. The Labute approximate surface area is 187 Å². The van der Waals surface area contributed by atoms with E-state index >= 15 is 0 Å². The van der Waals surface area contributed by atoms with E-state index in [1.165, 1.54) is 0 Å². The minimum Gasteiger partial charge on any atom is -0.441 e. The largest absolute Gasteiger partial charge is 0.441 e. The Bertz CT molecular complexity index is 1140. The molecule has 0 spiro atoms. The topological polar surface area (TPSA) is 89.3 Å². The molecule has 1 aromatic heterocycles. The number of nitrogens with zero attached hydrogens (tertiary/aromatic N) is 1. The highest BCUT2D eigenvalue weighted by atomic mass is 35.5. The Morgan fingerprint density at radius 1 is 1.13 bits per heavy atom. The van der Waals surface area contributed by atoms with Gasteiger partial charge >= 0.3 is 0 Å². The minimum absolute atomic E-state index is 0.134. The summed E-state index contributed by atoms with van der Waals surface area (Å²) >= 11 is 6.17. The molecule has 1 amide bonds. The molecule has 1 unspecified atom stereocenters. The van der Waals surface area contributed by atoms with Crippen LogP contribution in [-0.4, -0.2) is 31.1 Å². The van der Waals surface area contributed by atoms with Crippen molar-refractivity contribution in [3.8, 4) is 11.5 Å². The molecule has 0 saturated heterocycles. The zero-order valence-electron chi connectivity index (χ0n) is 17.5. The van der Waals surface area contributed by atoms with Crippen LogP contribution in [0.15, 0.2) is 59.0 Å². The molecule has 164 valence electrons. The van der Waals surface area contributed by atoms with Gasteiger partial charge in [-0.05, 0) is 37.5 Å². The maximum Gasteiger partial charge on any atom is 0.235 e. The lowest BCUT2D eigenvalue weighted by molar-refractivity contribution is -0.119. The molecule has 1 N–H and O–H groups in total. The van der Waals surface area contributed by atoms with Crippen molar-refractivity contribution >= 4 is 27.3 Å². The van der Waals surface area contributed by atoms with Gasteiger partial charge in [0, 0.05) is 6.04 Å². The Morgan fingerprint density at radius 3 is 2.48 bits per heavy atom. The van der Waals surface area contributed by atoms with E-state index in [0.717, 1.165) is 5.56 Å². The smallest absolute Gasteiger partial charge is 0.235 e. The molecule has 0 aliphatic carbocycles. The molecule has 0 aliphatic heterocycles. The summed E-state index contributed by atoms with van der Waals surface area (Å²) in [6.07, 6.45) is 1.34. The minimum atomic E-state index is -3.73. The van der Waals surface area contributed by atoms with Crippen molar-refractivity contribution in [3.63, 3.8) is 0 Å². The van der Waals surface area contributed by atoms with Gasteiger partial charge < -0.3 is 9.73 Å². The number of hydrogen-bond acceptors (Lipinski definition) is 5. The van der Waals surface area contributed by atoms with Crippen LogP contribution in [0, 0.1) is 6.92 Å². The van der Waals surface area contributed by atoms with Crippen LogP contribution in [0.2, 0.25) is 5.02 Å². The third kappa shape index (κ3) is 6.42. The zero-order chi connectivity index (χ0) is 22.4. The van der Waals surface area contributed by atoms with Crippen molar-refractivity contribution < 1.29 is 17.6 Å². The molecule has 0 bridgehead atoms. The predicted octanol–water partition coefficient (Wildman–Crippen LogP) is 4.36. The van der Waals surface area contributed by atoms with Gasteiger partial charge in [-0.15, -0.1) is 0 Å². The average Bonchev–Trinajstić information content (AvgIpc) is 3.07. The molecule has 1 atom stereocenters. The molecule has 6 nitrogen and oxygen atoms in total. The van der Waals surface area contributed by atoms with E-state index in [9.17, 15) is 13.2 Å². The Balaban J connectivity index is 1.64. The number of amides is 1. The average molecular weight is 461 g/mol. The first-order valence-corrected chi connectivity index (χ1v) is 12.2. The fourth-order valence-corrected chi connectivity index (χ4v) is 4.72. The van der Waals surface area contributed by atoms with Crippen molar-refractivity contribution in [2.24, 2.45) is 0 Å². The summed E-state index contributed by atoms with van der Waals surface area (Å²) < 4.78 is 30.9. The number of aryl methyl sites for hydroxylation is 1. The van der Waals surface area contributed by atoms with Crippen LogP contribution in [-0.2, 0) is 26.8 Å². The molecule has 1 heterocycles. The van der Waals surface area contributed by atoms with Gasteiger partial charge in [-0.2, -0.15) is 0 Å².